The smallest absolute Gasteiger partial charge is 0.0949 e. The highest BCUT2D eigenvalue weighted by Crippen LogP contribution is 2.03. The average molecular weight is 238 g/mol. The minimum absolute atomic E-state index is 0.148. The van der Waals surface area contributed by atoms with Gasteiger partial charge in [-0.25, -0.2) is 4.98 Å². The Morgan fingerprint density at radius 3 is 2.65 bits per heavy atom. The Balaban J connectivity index is 2.32. The van der Waals surface area contributed by atoms with Gasteiger partial charge in [-0.15, -0.1) is 0 Å². The van der Waals surface area contributed by atoms with Crippen LogP contribution in [0.3, 0.4) is 0 Å². The topological polar surface area (TPSA) is 33.1 Å². The zero-order chi connectivity index (χ0) is 12.9. The van der Waals surface area contributed by atoms with Gasteiger partial charge < -0.3 is 14.8 Å². The van der Waals surface area contributed by atoms with E-state index in [-0.39, 0.29) is 5.54 Å². The summed E-state index contributed by atoms with van der Waals surface area (Å²) in [4.78, 5) is 6.61. The predicted molar refractivity (Wildman–Crippen MR) is 72.0 cm³/mol. The van der Waals surface area contributed by atoms with Crippen molar-refractivity contribution in [3.63, 3.8) is 0 Å². The van der Waals surface area contributed by atoms with Gasteiger partial charge in [-0.1, -0.05) is 0 Å². The summed E-state index contributed by atoms with van der Waals surface area (Å²) < 4.78 is 2.17. The van der Waals surface area contributed by atoms with Crippen molar-refractivity contribution in [3.05, 3.63) is 18.2 Å². The second kappa shape index (κ2) is 6.17. The molecule has 1 aromatic heterocycles. The van der Waals surface area contributed by atoms with Crippen LogP contribution in [0.25, 0.3) is 0 Å². The van der Waals surface area contributed by atoms with Crippen LogP contribution in [0, 0.1) is 0 Å². The molecule has 0 radical (unpaired) electrons. The van der Waals surface area contributed by atoms with Crippen LogP contribution in [-0.2, 0) is 13.1 Å². The maximum absolute atomic E-state index is 4.40. The number of nitrogens with one attached hydrogen (secondary N) is 1. The molecule has 0 saturated heterocycles. The van der Waals surface area contributed by atoms with Crippen molar-refractivity contribution in [2.24, 2.45) is 0 Å². The van der Waals surface area contributed by atoms with E-state index in [1.807, 2.05) is 6.33 Å². The van der Waals surface area contributed by atoms with Gasteiger partial charge in [0.05, 0.1) is 12.0 Å². The lowest BCUT2D eigenvalue weighted by Crippen LogP contribution is -2.35. The van der Waals surface area contributed by atoms with Crippen LogP contribution < -0.4 is 5.32 Å². The predicted octanol–water partition coefficient (Wildman–Crippen LogP) is 1.72. The van der Waals surface area contributed by atoms with E-state index in [9.17, 15) is 0 Å². The van der Waals surface area contributed by atoms with Gasteiger partial charge in [-0.2, -0.15) is 0 Å². The van der Waals surface area contributed by atoms with Gasteiger partial charge in [-0.3, -0.25) is 0 Å². The van der Waals surface area contributed by atoms with E-state index in [0.29, 0.717) is 0 Å². The Morgan fingerprint density at radius 1 is 1.35 bits per heavy atom. The Bertz CT molecular complexity index is 322. The molecule has 0 bridgehead atoms. The quantitative estimate of drug-likeness (QED) is 0.819. The second-order valence-electron chi connectivity index (χ2n) is 5.86. The van der Waals surface area contributed by atoms with E-state index in [1.165, 1.54) is 0 Å². The third-order valence-corrected chi connectivity index (χ3v) is 2.51. The van der Waals surface area contributed by atoms with Gasteiger partial charge in [-0.05, 0) is 47.8 Å². The molecule has 98 valence electrons. The molecule has 0 aliphatic rings. The van der Waals surface area contributed by atoms with Crippen molar-refractivity contribution in [1.82, 2.24) is 19.8 Å². The van der Waals surface area contributed by atoms with Gasteiger partial charge in [0, 0.05) is 24.8 Å². The maximum Gasteiger partial charge on any atom is 0.0949 e. The molecule has 0 spiro atoms. The van der Waals surface area contributed by atoms with Crippen LogP contribution >= 0.6 is 0 Å². The molecule has 1 heterocycles. The molecule has 1 N–H and O–H groups in total. The molecule has 1 rings (SSSR count). The summed E-state index contributed by atoms with van der Waals surface area (Å²) >= 11 is 0. The summed E-state index contributed by atoms with van der Waals surface area (Å²) in [5, 5.41) is 3.44. The van der Waals surface area contributed by atoms with Crippen molar-refractivity contribution in [2.45, 2.75) is 45.8 Å². The lowest BCUT2D eigenvalue weighted by atomic mass is 10.1. The Morgan fingerprint density at radius 2 is 2.06 bits per heavy atom. The normalized spacial score (nSPS) is 12.4. The minimum atomic E-state index is 0.148. The second-order valence-corrected chi connectivity index (χ2v) is 5.86. The van der Waals surface area contributed by atoms with Gasteiger partial charge >= 0.3 is 0 Å². The standard InChI is InChI=1S/C13H26N4/c1-13(2,3)15-9-12-10-17(11-14-12)8-6-7-16(4)5/h10-11,15H,6-9H2,1-5H3. The number of imidazole rings is 1. The highest BCUT2D eigenvalue weighted by Gasteiger charge is 2.09. The molecule has 0 amide bonds. The molecule has 0 aliphatic carbocycles. The van der Waals surface area contributed by atoms with Crippen LogP contribution in [0.4, 0.5) is 0 Å². The lowest BCUT2D eigenvalue weighted by molar-refractivity contribution is 0.386. The number of nitrogens with zero attached hydrogens (tertiary/aromatic N) is 3. The molecule has 17 heavy (non-hydrogen) atoms. The maximum atomic E-state index is 4.40. The summed E-state index contributed by atoms with van der Waals surface area (Å²) in [6.45, 7) is 9.50. The molecular formula is C13H26N4. The molecule has 0 saturated carbocycles. The first-order valence-corrected chi connectivity index (χ1v) is 6.27. The summed E-state index contributed by atoms with van der Waals surface area (Å²) in [7, 11) is 4.21. The Kier molecular flexibility index (Phi) is 5.15. The van der Waals surface area contributed by atoms with Crippen LogP contribution in [0.1, 0.15) is 32.9 Å². The fourth-order valence-corrected chi connectivity index (χ4v) is 1.55. The van der Waals surface area contributed by atoms with Crippen molar-refractivity contribution in [2.75, 3.05) is 20.6 Å². The summed E-state index contributed by atoms with van der Waals surface area (Å²) in [5.41, 5.74) is 1.26. The molecule has 1 aromatic rings. The highest BCUT2D eigenvalue weighted by atomic mass is 15.1. The molecule has 0 atom stereocenters. The largest absolute Gasteiger partial charge is 0.337 e. The van der Waals surface area contributed by atoms with Crippen molar-refractivity contribution in [3.8, 4) is 0 Å². The fourth-order valence-electron chi connectivity index (χ4n) is 1.55. The Hall–Kier alpha value is -0.870. The van der Waals surface area contributed by atoms with Crippen LogP contribution in [0.2, 0.25) is 0 Å². The highest BCUT2D eigenvalue weighted by molar-refractivity contribution is 4.97. The first-order chi connectivity index (χ1) is 7.87. The van der Waals surface area contributed by atoms with E-state index in [0.717, 1.165) is 31.7 Å². The number of hydrogen-bond acceptors (Lipinski definition) is 3. The van der Waals surface area contributed by atoms with Crippen LogP contribution in [0.15, 0.2) is 12.5 Å². The fraction of sp³-hybridized carbons (Fsp3) is 0.769. The summed E-state index contributed by atoms with van der Waals surface area (Å²) in [5.74, 6) is 0. The van der Waals surface area contributed by atoms with Crippen LogP contribution in [-0.4, -0.2) is 40.6 Å². The number of rotatable bonds is 6. The molecular weight excluding hydrogens is 212 g/mol. The van der Waals surface area contributed by atoms with E-state index in [4.69, 9.17) is 0 Å². The molecule has 4 nitrogen and oxygen atoms in total. The van der Waals surface area contributed by atoms with Gasteiger partial charge in [0.2, 0.25) is 0 Å². The van der Waals surface area contributed by atoms with E-state index >= 15 is 0 Å². The number of aryl methyl sites for hydroxylation is 1. The summed E-state index contributed by atoms with van der Waals surface area (Å²) in [6.07, 6.45) is 5.22. The molecule has 0 fully saturated rings. The molecule has 0 unspecified atom stereocenters. The molecule has 0 aliphatic heterocycles. The third-order valence-electron chi connectivity index (χ3n) is 2.51. The van der Waals surface area contributed by atoms with Gasteiger partial charge in [0.1, 0.15) is 0 Å². The minimum Gasteiger partial charge on any atom is -0.337 e. The van der Waals surface area contributed by atoms with E-state index < -0.39 is 0 Å². The SMILES string of the molecule is CN(C)CCCn1cnc(CNC(C)(C)C)c1. The zero-order valence-corrected chi connectivity index (χ0v) is 11.8. The number of aromatic nitrogens is 2. The monoisotopic (exact) mass is 238 g/mol. The van der Waals surface area contributed by atoms with E-state index in [1.54, 1.807) is 0 Å². The molecule has 0 aromatic carbocycles. The first-order valence-electron chi connectivity index (χ1n) is 6.27. The zero-order valence-electron chi connectivity index (χ0n) is 11.8. The van der Waals surface area contributed by atoms with Crippen molar-refractivity contribution >= 4 is 0 Å². The first kappa shape index (κ1) is 14.2. The van der Waals surface area contributed by atoms with E-state index in [2.05, 4.69) is 60.8 Å². The number of hydrogen-bond donors (Lipinski definition) is 1. The van der Waals surface area contributed by atoms with Crippen molar-refractivity contribution < 1.29 is 0 Å². The lowest BCUT2D eigenvalue weighted by Gasteiger charge is -2.19. The third kappa shape index (κ3) is 6.44. The Labute approximate surface area is 105 Å². The summed E-state index contributed by atoms with van der Waals surface area (Å²) in [6, 6.07) is 0. The van der Waals surface area contributed by atoms with Crippen LogP contribution in [0.5, 0.6) is 0 Å². The average Bonchev–Trinajstić information content (AvgIpc) is 2.61. The van der Waals surface area contributed by atoms with Gasteiger partial charge in [0.25, 0.3) is 0 Å². The van der Waals surface area contributed by atoms with Gasteiger partial charge in [0.15, 0.2) is 0 Å². The van der Waals surface area contributed by atoms with Crippen molar-refractivity contribution in [1.29, 1.82) is 0 Å². The molecule has 4 heteroatoms.